The normalized spacial score (nSPS) is 21.0. The quantitative estimate of drug-likeness (QED) is 0.716. The third kappa shape index (κ3) is 5.33. The lowest BCUT2D eigenvalue weighted by Crippen LogP contribution is -2.53. The fourth-order valence-electron chi connectivity index (χ4n) is 3.02. The van der Waals surface area contributed by atoms with Crippen LogP contribution in [0.4, 0.5) is 13.2 Å². The lowest BCUT2D eigenvalue weighted by atomic mass is 9.85. The van der Waals surface area contributed by atoms with Gasteiger partial charge in [-0.1, -0.05) is 37.3 Å². The number of alkyl halides is 3. The first-order valence-corrected chi connectivity index (χ1v) is 8.21. The average molecular weight is 380 g/mol. The minimum atomic E-state index is -4.55. The predicted octanol–water partition coefficient (Wildman–Crippen LogP) is 2.59. The second kappa shape index (κ2) is 9.40. The standard InChI is InChI=1S/C17H24F3N3O.ClH/c1-2-21-9-10-22-15(24)16(17(18,19)20)8-11-23(13-16)12-14-6-4-3-5-7-14;/h3-7,21H,2,8-13H2,1H3,(H,22,24);1H. The largest absolute Gasteiger partial charge is 0.404 e. The molecule has 8 heteroatoms. The molecule has 2 rings (SSSR count). The van der Waals surface area contributed by atoms with Crippen LogP contribution in [0.5, 0.6) is 0 Å². The second-order valence-electron chi connectivity index (χ2n) is 6.14. The van der Waals surface area contributed by atoms with Crippen LogP contribution in [0.2, 0.25) is 0 Å². The first-order chi connectivity index (χ1) is 11.4. The Bertz CT molecular complexity index is 542. The van der Waals surface area contributed by atoms with Crippen molar-refractivity contribution in [1.82, 2.24) is 15.5 Å². The number of halogens is 4. The van der Waals surface area contributed by atoms with Crippen molar-refractivity contribution in [3.8, 4) is 0 Å². The van der Waals surface area contributed by atoms with Crippen molar-refractivity contribution in [2.45, 2.75) is 26.1 Å². The number of likely N-dealkylation sites (N-methyl/N-ethyl adjacent to an activating group) is 1. The Kier molecular flexibility index (Phi) is 8.18. The second-order valence-corrected chi connectivity index (χ2v) is 6.14. The van der Waals surface area contributed by atoms with E-state index in [2.05, 4.69) is 10.6 Å². The minimum absolute atomic E-state index is 0. The highest BCUT2D eigenvalue weighted by molar-refractivity contribution is 5.85. The maximum Gasteiger partial charge on any atom is 0.404 e. The van der Waals surface area contributed by atoms with Crippen LogP contribution in [-0.4, -0.2) is 49.7 Å². The first kappa shape index (κ1) is 21.7. The molecule has 0 aromatic heterocycles. The van der Waals surface area contributed by atoms with Crippen molar-refractivity contribution in [3.05, 3.63) is 35.9 Å². The Morgan fingerprint density at radius 3 is 2.52 bits per heavy atom. The molecule has 1 fully saturated rings. The number of hydrogen-bond acceptors (Lipinski definition) is 3. The first-order valence-electron chi connectivity index (χ1n) is 8.21. The van der Waals surface area contributed by atoms with Crippen LogP contribution >= 0.6 is 12.4 Å². The maximum absolute atomic E-state index is 13.7. The van der Waals surface area contributed by atoms with E-state index < -0.39 is 17.5 Å². The number of carbonyl (C=O) groups excluding carboxylic acids is 1. The van der Waals surface area contributed by atoms with Gasteiger partial charge in [-0.25, -0.2) is 0 Å². The third-order valence-electron chi connectivity index (χ3n) is 4.41. The van der Waals surface area contributed by atoms with E-state index in [1.165, 1.54) is 0 Å². The van der Waals surface area contributed by atoms with Crippen molar-refractivity contribution < 1.29 is 18.0 Å². The molecule has 1 heterocycles. The highest BCUT2D eigenvalue weighted by atomic mass is 35.5. The molecule has 1 saturated heterocycles. The highest BCUT2D eigenvalue weighted by Crippen LogP contribution is 2.46. The van der Waals surface area contributed by atoms with Gasteiger partial charge in [0.15, 0.2) is 5.41 Å². The molecule has 1 aromatic rings. The van der Waals surface area contributed by atoms with E-state index in [-0.39, 0.29) is 38.5 Å². The molecule has 25 heavy (non-hydrogen) atoms. The number of rotatable bonds is 7. The molecule has 142 valence electrons. The predicted molar refractivity (Wildman–Crippen MR) is 93.6 cm³/mol. The van der Waals surface area contributed by atoms with E-state index in [9.17, 15) is 18.0 Å². The molecule has 1 aliphatic heterocycles. The average Bonchev–Trinajstić information content (AvgIpc) is 2.97. The minimum Gasteiger partial charge on any atom is -0.354 e. The molecule has 0 aliphatic carbocycles. The summed E-state index contributed by atoms with van der Waals surface area (Å²) < 4.78 is 41.0. The Hall–Kier alpha value is -1.31. The number of likely N-dealkylation sites (tertiary alicyclic amines) is 1. The topological polar surface area (TPSA) is 44.4 Å². The molecule has 1 aromatic carbocycles. The summed E-state index contributed by atoms with van der Waals surface area (Å²) in [4.78, 5) is 14.0. The molecule has 2 N–H and O–H groups in total. The van der Waals surface area contributed by atoms with Gasteiger partial charge in [-0.3, -0.25) is 9.69 Å². The van der Waals surface area contributed by atoms with Gasteiger partial charge in [-0.05, 0) is 25.1 Å². The van der Waals surface area contributed by atoms with Crippen LogP contribution < -0.4 is 10.6 Å². The van der Waals surface area contributed by atoms with E-state index in [0.29, 0.717) is 19.6 Å². The van der Waals surface area contributed by atoms with Gasteiger partial charge >= 0.3 is 6.18 Å². The van der Waals surface area contributed by atoms with Crippen molar-refractivity contribution in [1.29, 1.82) is 0 Å². The summed E-state index contributed by atoms with van der Waals surface area (Å²) in [5.41, 5.74) is -1.36. The Morgan fingerprint density at radius 2 is 1.92 bits per heavy atom. The van der Waals surface area contributed by atoms with Crippen molar-refractivity contribution in [2.75, 3.05) is 32.7 Å². The zero-order chi connectivity index (χ0) is 17.6. The number of nitrogens with zero attached hydrogens (tertiary/aromatic N) is 1. The zero-order valence-electron chi connectivity index (χ0n) is 14.2. The Balaban J connectivity index is 0.00000312. The lowest BCUT2D eigenvalue weighted by molar-refractivity contribution is -0.218. The number of benzene rings is 1. The van der Waals surface area contributed by atoms with Gasteiger partial charge in [0.05, 0.1) is 0 Å². The summed E-state index contributed by atoms with van der Waals surface area (Å²) in [6, 6.07) is 9.34. The zero-order valence-corrected chi connectivity index (χ0v) is 15.1. The van der Waals surface area contributed by atoms with E-state index >= 15 is 0 Å². The Labute approximate surface area is 152 Å². The summed E-state index contributed by atoms with van der Waals surface area (Å²) in [6.07, 6.45) is -4.75. The van der Waals surface area contributed by atoms with Crippen molar-refractivity contribution in [3.63, 3.8) is 0 Å². The van der Waals surface area contributed by atoms with E-state index in [1.807, 2.05) is 37.3 Å². The Morgan fingerprint density at radius 1 is 1.24 bits per heavy atom. The molecule has 0 bridgehead atoms. The number of amides is 1. The van der Waals surface area contributed by atoms with Gasteiger partial charge < -0.3 is 10.6 Å². The summed E-state index contributed by atoms with van der Waals surface area (Å²) in [7, 11) is 0. The molecule has 0 saturated carbocycles. The monoisotopic (exact) mass is 379 g/mol. The fourth-order valence-corrected chi connectivity index (χ4v) is 3.02. The number of nitrogens with one attached hydrogen (secondary N) is 2. The third-order valence-corrected chi connectivity index (χ3v) is 4.41. The van der Waals surface area contributed by atoms with Crippen molar-refractivity contribution >= 4 is 18.3 Å². The maximum atomic E-state index is 13.7. The van der Waals surface area contributed by atoms with Gasteiger partial charge in [0.1, 0.15) is 0 Å². The number of carbonyl (C=O) groups is 1. The fraction of sp³-hybridized carbons (Fsp3) is 0.588. The molecular weight excluding hydrogens is 355 g/mol. The van der Waals surface area contributed by atoms with E-state index in [0.717, 1.165) is 5.56 Å². The van der Waals surface area contributed by atoms with E-state index in [4.69, 9.17) is 0 Å². The summed E-state index contributed by atoms with van der Waals surface area (Å²) in [5, 5.41) is 5.42. The van der Waals surface area contributed by atoms with Gasteiger partial charge in [0, 0.05) is 26.2 Å². The van der Waals surface area contributed by atoms with Crippen LogP contribution in [0.3, 0.4) is 0 Å². The van der Waals surface area contributed by atoms with Crippen LogP contribution in [0.1, 0.15) is 18.9 Å². The molecule has 0 spiro atoms. The SMILES string of the molecule is CCNCCNC(=O)C1(C(F)(F)F)CCN(Cc2ccccc2)C1.Cl. The van der Waals surface area contributed by atoms with Crippen LogP contribution in [0, 0.1) is 5.41 Å². The summed E-state index contributed by atoms with van der Waals surface area (Å²) in [6.45, 7) is 3.66. The molecule has 4 nitrogen and oxygen atoms in total. The smallest absolute Gasteiger partial charge is 0.354 e. The van der Waals surface area contributed by atoms with Crippen LogP contribution in [0.15, 0.2) is 30.3 Å². The molecule has 1 atom stereocenters. The molecule has 0 radical (unpaired) electrons. The molecular formula is C17H25ClF3N3O. The lowest BCUT2D eigenvalue weighted by Gasteiger charge is -2.30. The van der Waals surface area contributed by atoms with Crippen LogP contribution in [-0.2, 0) is 11.3 Å². The molecule has 1 aliphatic rings. The van der Waals surface area contributed by atoms with E-state index in [1.54, 1.807) is 4.90 Å². The number of hydrogen-bond donors (Lipinski definition) is 2. The molecule has 1 amide bonds. The van der Waals surface area contributed by atoms with Crippen LogP contribution in [0.25, 0.3) is 0 Å². The summed E-state index contributed by atoms with van der Waals surface area (Å²) in [5.74, 6) is -0.913. The van der Waals surface area contributed by atoms with Gasteiger partial charge in [0.2, 0.25) is 5.91 Å². The highest BCUT2D eigenvalue weighted by Gasteiger charge is 2.62. The molecule has 1 unspecified atom stereocenters. The van der Waals surface area contributed by atoms with Gasteiger partial charge in [-0.2, -0.15) is 13.2 Å². The van der Waals surface area contributed by atoms with Gasteiger partial charge in [-0.15, -0.1) is 12.4 Å². The summed E-state index contributed by atoms with van der Waals surface area (Å²) >= 11 is 0. The van der Waals surface area contributed by atoms with Gasteiger partial charge in [0.25, 0.3) is 0 Å². The van der Waals surface area contributed by atoms with Crippen molar-refractivity contribution in [2.24, 2.45) is 5.41 Å².